The van der Waals surface area contributed by atoms with Crippen LogP contribution in [0.1, 0.15) is 29.5 Å². The smallest absolute Gasteiger partial charge is 0.335 e. The van der Waals surface area contributed by atoms with E-state index in [9.17, 15) is 9.59 Å². The van der Waals surface area contributed by atoms with Crippen molar-refractivity contribution < 1.29 is 39.5 Å². The zero-order valence-electron chi connectivity index (χ0n) is 21.1. The molecule has 38 heavy (non-hydrogen) atoms. The minimum absolute atomic E-state index is 0.611. The maximum atomic E-state index is 9.77. The number of aliphatic hydroxyl groups is 2. The van der Waals surface area contributed by atoms with Crippen molar-refractivity contribution in [3.8, 4) is 5.75 Å². The van der Waals surface area contributed by atoms with Gasteiger partial charge in [-0.3, -0.25) is 0 Å². The fourth-order valence-electron chi connectivity index (χ4n) is 4.23. The fourth-order valence-corrected chi connectivity index (χ4v) is 4.47. The Balaban J connectivity index is 0.000000342. The number of benzene rings is 2. The number of fused-ring (bicyclic) bond motifs is 1. The lowest BCUT2D eigenvalue weighted by Crippen LogP contribution is -2.39. The number of aliphatic carboxylic acids is 2. The zero-order chi connectivity index (χ0) is 27.5. The average molecular weight is 551 g/mol. The molecule has 208 valence electrons. The second kappa shape index (κ2) is 14.9. The molecule has 11 heteroatoms. The fraction of sp³-hybridized carbons (Fsp3) is 0.481. The monoisotopic (exact) mass is 550 g/mol. The van der Waals surface area contributed by atoms with Gasteiger partial charge in [0.05, 0.1) is 17.3 Å². The van der Waals surface area contributed by atoms with E-state index in [0.717, 1.165) is 81.6 Å². The maximum absolute atomic E-state index is 9.77. The Morgan fingerprint density at radius 3 is 2.26 bits per heavy atom. The Morgan fingerprint density at radius 2 is 1.63 bits per heavy atom. The predicted octanol–water partition coefficient (Wildman–Crippen LogP) is 2.32. The van der Waals surface area contributed by atoms with Crippen molar-refractivity contribution in [2.45, 2.75) is 44.4 Å². The quantitative estimate of drug-likeness (QED) is 0.274. The summed E-state index contributed by atoms with van der Waals surface area (Å²) >= 11 is 6.51. The van der Waals surface area contributed by atoms with E-state index in [1.54, 1.807) is 0 Å². The van der Waals surface area contributed by atoms with Crippen molar-refractivity contribution in [3.63, 3.8) is 0 Å². The molecule has 1 saturated heterocycles. The van der Waals surface area contributed by atoms with E-state index in [4.69, 9.17) is 41.5 Å². The number of nitrogens with one attached hydrogen (secondary N) is 2. The van der Waals surface area contributed by atoms with Crippen LogP contribution >= 0.6 is 11.6 Å². The molecule has 10 nitrogen and oxygen atoms in total. The van der Waals surface area contributed by atoms with Gasteiger partial charge >= 0.3 is 11.9 Å². The Labute approximate surface area is 226 Å². The number of anilines is 1. The van der Waals surface area contributed by atoms with Crippen LogP contribution in [0, 0.1) is 5.92 Å². The molecule has 2 aliphatic rings. The predicted molar refractivity (Wildman–Crippen MR) is 142 cm³/mol. The van der Waals surface area contributed by atoms with Crippen molar-refractivity contribution in [1.82, 2.24) is 5.32 Å². The minimum Gasteiger partial charge on any atom is -0.493 e. The summed E-state index contributed by atoms with van der Waals surface area (Å²) in [4.78, 5) is 19.5. The van der Waals surface area contributed by atoms with Gasteiger partial charge < -0.3 is 40.5 Å². The number of carboxylic acid groups (broad SMARTS) is 2. The second-order valence-corrected chi connectivity index (χ2v) is 9.65. The van der Waals surface area contributed by atoms with E-state index in [1.807, 2.05) is 6.07 Å². The summed E-state index contributed by atoms with van der Waals surface area (Å²) in [5, 5.41) is 40.4. The molecule has 0 unspecified atom stereocenters. The van der Waals surface area contributed by atoms with Gasteiger partial charge in [-0.05, 0) is 79.6 Å². The highest BCUT2D eigenvalue weighted by atomic mass is 35.5. The van der Waals surface area contributed by atoms with E-state index in [-0.39, 0.29) is 0 Å². The Kier molecular flexibility index (Phi) is 11.6. The average Bonchev–Trinajstić information content (AvgIpc) is 3.18. The maximum Gasteiger partial charge on any atom is 0.335 e. The topological polar surface area (TPSA) is 158 Å². The van der Waals surface area contributed by atoms with Crippen molar-refractivity contribution in [2.75, 3.05) is 38.2 Å². The van der Waals surface area contributed by atoms with Crippen LogP contribution in [-0.2, 0) is 33.7 Å². The van der Waals surface area contributed by atoms with Crippen LogP contribution in [0.3, 0.4) is 0 Å². The van der Waals surface area contributed by atoms with Gasteiger partial charge in [-0.1, -0.05) is 29.8 Å². The summed E-state index contributed by atoms with van der Waals surface area (Å²) in [6.45, 7) is 5.29. The van der Waals surface area contributed by atoms with Crippen LogP contribution in [0.15, 0.2) is 36.4 Å². The van der Waals surface area contributed by atoms with Gasteiger partial charge in [0.25, 0.3) is 0 Å². The second-order valence-electron chi connectivity index (χ2n) is 9.24. The van der Waals surface area contributed by atoms with Gasteiger partial charge in [0.15, 0.2) is 12.2 Å². The van der Waals surface area contributed by atoms with Crippen LogP contribution in [0.2, 0.25) is 5.02 Å². The lowest BCUT2D eigenvalue weighted by atomic mass is 10.0. The summed E-state index contributed by atoms with van der Waals surface area (Å²) in [5.41, 5.74) is 5.06. The van der Waals surface area contributed by atoms with Gasteiger partial charge in [0.1, 0.15) is 5.75 Å². The number of carbonyl (C=O) groups is 2. The molecule has 0 spiro atoms. The number of hydrogen-bond donors (Lipinski definition) is 6. The van der Waals surface area contributed by atoms with Gasteiger partial charge in [0, 0.05) is 19.8 Å². The third kappa shape index (κ3) is 8.85. The molecule has 2 aromatic rings. The molecule has 6 N–H and O–H groups in total. The molecule has 2 heterocycles. The molecule has 2 aromatic carbocycles. The van der Waals surface area contributed by atoms with E-state index in [0.29, 0.717) is 5.92 Å². The molecule has 2 atom stereocenters. The molecule has 1 fully saturated rings. The highest BCUT2D eigenvalue weighted by Gasteiger charge is 2.29. The molecule has 0 aliphatic carbocycles. The van der Waals surface area contributed by atoms with E-state index >= 15 is 0 Å². The van der Waals surface area contributed by atoms with Crippen molar-refractivity contribution >= 4 is 29.2 Å². The van der Waals surface area contributed by atoms with Crippen molar-refractivity contribution in [3.05, 3.63) is 58.1 Å². The lowest BCUT2D eigenvalue weighted by Gasteiger charge is -2.22. The number of ether oxygens (including phenoxy) is 2. The van der Waals surface area contributed by atoms with Gasteiger partial charge in [-0.2, -0.15) is 0 Å². The third-order valence-electron chi connectivity index (χ3n) is 6.51. The van der Waals surface area contributed by atoms with Gasteiger partial charge in [0.2, 0.25) is 0 Å². The molecule has 0 bridgehead atoms. The summed E-state index contributed by atoms with van der Waals surface area (Å²) in [7, 11) is 0. The van der Waals surface area contributed by atoms with Crippen molar-refractivity contribution in [1.29, 1.82) is 0 Å². The molecule has 4 rings (SSSR count). The number of rotatable bonds is 9. The van der Waals surface area contributed by atoms with Gasteiger partial charge in [-0.25, -0.2) is 9.59 Å². The van der Waals surface area contributed by atoms with Crippen LogP contribution in [-0.4, -0.2) is 77.5 Å². The SMILES string of the molecule is Clc1ccc2c(c1NCc1ccc(OCC3CCOCC3)cc1)CCNCC2.O=C(O)[C@H](O)[C@@H](O)C(=O)O. The lowest BCUT2D eigenvalue weighted by molar-refractivity contribution is -0.165. The number of hydrogen-bond acceptors (Lipinski definition) is 8. The zero-order valence-corrected chi connectivity index (χ0v) is 21.8. The highest BCUT2D eigenvalue weighted by Crippen LogP contribution is 2.31. The standard InChI is InChI=1S/C23H29ClN2O2.C4H6O6/c24-22-6-3-19-7-11-25-12-8-21(19)23(22)26-15-17-1-4-20(5-2-17)28-16-18-9-13-27-14-10-18;5-1(3(7)8)2(6)4(9)10/h1-6,18,25-26H,7-16H2;1-2,5-6H,(H,7,8)(H,9,10)/t;1-,2-/m.1/s1. The summed E-state index contributed by atoms with van der Waals surface area (Å²) in [6.07, 6.45) is -0.272. The molecule has 2 aliphatic heterocycles. The number of carboxylic acids is 2. The first-order valence-electron chi connectivity index (χ1n) is 12.6. The molecular weight excluding hydrogens is 516 g/mol. The molecule has 0 saturated carbocycles. The number of halogens is 1. The third-order valence-corrected chi connectivity index (χ3v) is 6.82. The van der Waals surface area contributed by atoms with Crippen molar-refractivity contribution in [2.24, 2.45) is 5.92 Å². The first-order valence-corrected chi connectivity index (χ1v) is 13.0. The van der Waals surface area contributed by atoms with Crippen LogP contribution in [0.4, 0.5) is 5.69 Å². The van der Waals surface area contributed by atoms with Crippen LogP contribution in [0.25, 0.3) is 0 Å². The Morgan fingerprint density at radius 1 is 1.00 bits per heavy atom. The first kappa shape index (κ1) is 29.7. The Bertz CT molecular complexity index is 1040. The van der Waals surface area contributed by atoms with E-state index < -0.39 is 24.1 Å². The molecule has 0 radical (unpaired) electrons. The van der Waals surface area contributed by atoms with E-state index in [2.05, 4.69) is 41.0 Å². The largest absolute Gasteiger partial charge is 0.493 e. The molecule has 0 aromatic heterocycles. The molecular formula is C27H35ClN2O8. The van der Waals surface area contributed by atoms with Crippen LogP contribution < -0.4 is 15.4 Å². The molecule has 0 amide bonds. The normalized spacial score (nSPS) is 17.1. The first-order chi connectivity index (χ1) is 18.3. The van der Waals surface area contributed by atoms with Gasteiger partial charge in [-0.15, -0.1) is 0 Å². The Hall–Kier alpha value is -2.89. The highest BCUT2D eigenvalue weighted by molar-refractivity contribution is 6.33. The van der Waals surface area contributed by atoms with Crippen LogP contribution in [0.5, 0.6) is 5.75 Å². The number of aliphatic hydroxyl groups excluding tert-OH is 2. The summed E-state index contributed by atoms with van der Waals surface area (Å²) in [5.74, 6) is -1.99. The summed E-state index contributed by atoms with van der Waals surface area (Å²) < 4.78 is 11.4. The summed E-state index contributed by atoms with van der Waals surface area (Å²) in [6, 6.07) is 12.6. The van der Waals surface area contributed by atoms with E-state index in [1.165, 1.54) is 16.7 Å². The minimum atomic E-state index is -2.27.